The quantitative estimate of drug-likeness (QED) is 0.706. The molecule has 0 aliphatic heterocycles. The van der Waals surface area contributed by atoms with Gasteiger partial charge in [-0.25, -0.2) is 0 Å². The van der Waals surface area contributed by atoms with Gasteiger partial charge in [-0.05, 0) is 43.7 Å². The van der Waals surface area contributed by atoms with Crippen LogP contribution >= 0.6 is 11.3 Å². The minimum absolute atomic E-state index is 0.536. The second-order valence-electron chi connectivity index (χ2n) is 4.28. The summed E-state index contributed by atoms with van der Waals surface area (Å²) in [5.41, 5.74) is 0. The lowest BCUT2D eigenvalue weighted by atomic mass is 10.2. The molecule has 1 nitrogen and oxygen atoms in total. The van der Waals surface area contributed by atoms with E-state index in [2.05, 4.69) is 29.8 Å². The minimum Gasteiger partial charge on any atom is -0.309 e. The molecule has 1 heterocycles. The fourth-order valence-corrected chi connectivity index (χ4v) is 2.51. The van der Waals surface area contributed by atoms with Gasteiger partial charge in [0, 0.05) is 10.9 Å². The Balaban J connectivity index is 1.59. The molecule has 0 aromatic carbocycles. The van der Waals surface area contributed by atoms with Crippen LogP contribution in [-0.2, 0) is 0 Å². The molecule has 0 radical (unpaired) electrons. The molecule has 0 amide bonds. The molecular formula is C12H19NS. The van der Waals surface area contributed by atoms with Gasteiger partial charge in [0.1, 0.15) is 0 Å². The lowest BCUT2D eigenvalue weighted by Crippen LogP contribution is -2.18. The molecule has 1 aromatic heterocycles. The Morgan fingerprint density at radius 1 is 1.57 bits per heavy atom. The number of hydrogen-bond donors (Lipinski definition) is 1. The van der Waals surface area contributed by atoms with Gasteiger partial charge in [-0.15, -0.1) is 11.3 Å². The molecule has 1 N–H and O–H groups in total. The molecule has 0 saturated heterocycles. The Labute approximate surface area is 90.5 Å². The standard InChI is InChI=1S/C12H19NS/c1-10(12-5-3-9-14-12)13-8-2-4-11-6-7-11/h3,5,9-11,13H,2,4,6-8H2,1H3. The second kappa shape index (κ2) is 4.94. The molecule has 0 spiro atoms. The lowest BCUT2D eigenvalue weighted by Gasteiger charge is -2.11. The van der Waals surface area contributed by atoms with Crippen molar-refractivity contribution in [2.45, 2.75) is 38.6 Å². The molecule has 1 atom stereocenters. The predicted octanol–water partition coefficient (Wildman–Crippen LogP) is 3.59. The third-order valence-electron chi connectivity index (χ3n) is 2.91. The van der Waals surface area contributed by atoms with Gasteiger partial charge in [-0.2, -0.15) is 0 Å². The van der Waals surface area contributed by atoms with Crippen molar-refractivity contribution in [3.63, 3.8) is 0 Å². The van der Waals surface area contributed by atoms with E-state index < -0.39 is 0 Å². The van der Waals surface area contributed by atoms with Gasteiger partial charge in [0.05, 0.1) is 0 Å². The van der Waals surface area contributed by atoms with E-state index in [0.717, 1.165) is 5.92 Å². The van der Waals surface area contributed by atoms with Crippen molar-refractivity contribution in [1.29, 1.82) is 0 Å². The Bertz CT molecular complexity index is 251. The molecule has 1 unspecified atom stereocenters. The maximum atomic E-state index is 3.58. The summed E-state index contributed by atoms with van der Waals surface area (Å²) in [4.78, 5) is 1.46. The molecule has 78 valence electrons. The van der Waals surface area contributed by atoms with Crippen molar-refractivity contribution in [3.8, 4) is 0 Å². The average molecular weight is 209 g/mol. The van der Waals surface area contributed by atoms with Crippen molar-refractivity contribution in [1.82, 2.24) is 5.32 Å². The van der Waals surface area contributed by atoms with Crippen LogP contribution < -0.4 is 5.32 Å². The molecule has 1 aliphatic rings. The first-order valence-corrected chi connectivity index (χ1v) is 6.51. The van der Waals surface area contributed by atoms with E-state index >= 15 is 0 Å². The van der Waals surface area contributed by atoms with Gasteiger partial charge in [-0.1, -0.05) is 18.9 Å². The maximum absolute atomic E-state index is 3.58. The van der Waals surface area contributed by atoms with E-state index in [1.807, 2.05) is 11.3 Å². The first-order valence-electron chi connectivity index (χ1n) is 5.63. The van der Waals surface area contributed by atoms with Gasteiger partial charge in [0.25, 0.3) is 0 Å². The highest BCUT2D eigenvalue weighted by molar-refractivity contribution is 7.10. The van der Waals surface area contributed by atoms with Crippen molar-refractivity contribution < 1.29 is 0 Å². The zero-order chi connectivity index (χ0) is 9.80. The normalized spacial score (nSPS) is 18.4. The summed E-state index contributed by atoms with van der Waals surface area (Å²) >= 11 is 1.85. The van der Waals surface area contributed by atoms with Crippen LogP contribution in [0.3, 0.4) is 0 Å². The van der Waals surface area contributed by atoms with E-state index in [1.165, 1.54) is 37.1 Å². The van der Waals surface area contributed by atoms with E-state index in [1.54, 1.807) is 0 Å². The summed E-state index contributed by atoms with van der Waals surface area (Å²) < 4.78 is 0. The fourth-order valence-electron chi connectivity index (χ4n) is 1.75. The topological polar surface area (TPSA) is 12.0 Å². The smallest absolute Gasteiger partial charge is 0.0386 e. The monoisotopic (exact) mass is 209 g/mol. The van der Waals surface area contributed by atoms with Gasteiger partial charge >= 0.3 is 0 Å². The molecule has 1 aliphatic carbocycles. The largest absolute Gasteiger partial charge is 0.309 e. The van der Waals surface area contributed by atoms with E-state index in [4.69, 9.17) is 0 Å². The fraction of sp³-hybridized carbons (Fsp3) is 0.667. The second-order valence-corrected chi connectivity index (χ2v) is 5.26. The third kappa shape index (κ3) is 3.10. The number of thiophene rings is 1. The summed E-state index contributed by atoms with van der Waals surface area (Å²) in [5, 5.41) is 5.73. The number of hydrogen-bond acceptors (Lipinski definition) is 2. The summed E-state index contributed by atoms with van der Waals surface area (Å²) in [5.74, 6) is 1.08. The van der Waals surface area contributed by atoms with Gasteiger partial charge in [-0.3, -0.25) is 0 Å². The van der Waals surface area contributed by atoms with Crippen LogP contribution in [0.1, 0.15) is 43.5 Å². The summed E-state index contributed by atoms with van der Waals surface area (Å²) in [6.45, 7) is 3.43. The van der Waals surface area contributed by atoms with Gasteiger partial charge in [0.2, 0.25) is 0 Å². The molecule has 0 bridgehead atoms. The van der Waals surface area contributed by atoms with Gasteiger partial charge in [0.15, 0.2) is 0 Å². The van der Waals surface area contributed by atoms with Crippen molar-refractivity contribution >= 4 is 11.3 Å². The first-order chi connectivity index (χ1) is 6.86. The zero-order valence-corrected chi connectivity index (χ0v) is 9.65. The van der Waals surface area contributed by atoms with E-state index in [-0.39, 0.29) is 0 Å². The summed E-state index contributed by atoms with van der Waals surface area (Å²) in [6.07, 6.45) is 5.76. The SMILES string of the molecule is CC(NCCCC1CC1)c1cccs1. The molecule has 1 fully saturated rings. The van der Waals surface area contributed by atoms with Crippen LogP contribution in [0, 0.1) is 5.92 Å². The lowest BCUT2D eigenvalue weighted by molar-refractivity contribution is 0.538. The van der Waals surface area contributed by atoms with E-state index in [9.17, 15) is 0 Å². The van der Waals surface area contributed by atoms with Crippen LogP contribution in [-0.4, -0.2) is 6.54 Å². The highest BCUT2D eigenvalue weighted by Gasteiger charge is 2.20. The Morgan fingerprint density at radius 3 is 3.07 bits per heavy atom. The summed E-state index contributed by atoms with van der Waals surface area (Å²) in [6, 6.07) is 4.88. The predicted molar refractivity (Wildman–Crippen MR) is 62.7 cm³/mol. The van der Waals surface area contributed by atoms with E-state index in [0.29, 0.717) is 6.04 Å². The Morgan fingerprint density at radius 2 is 2.43 bits per heavy atom. The highest BCUT2D eigenvalue weighted by Crippen LogP contribution is 2.33. The van der Waals surface area contributed by atoms with Crippen LogP contribution in [0.4, 0.5) is 0 Å². The molecular weight excluding hydrogens is 190 g/mol. The molecule has 14 heavy (non-hydrogen) atoms. The Hall–Kier alpha value is -0.340. The summed E-state index contributed by atoms with van der Waals surface area (Å²) in [7, 11) is 0. The molecule has 1 aromatic rings. The van der Waals surface area contributed by atoms with Crippen molar-refractivity contribution in [3.05, 3.63) is 22.4 Å². The molecule has 2 heteroatoms. The van der Waals surface area contributed by atoms with Crippen LogP contribution in [0.5, 0.6) is 0 Å². The number of rotatable bonds is 6. The average Bonchev–Trinajstić information content (AvgIpc) is 2.84. The highest BCUT2D eigenvalue weighted by atomic mass is 32.1. The zero-order valence-electron chi connectivity index (χ0n) is 8.83. The molecule has 1 saturated carbocycles. The van der Waals surface area contributed by atoms with Crippen LogP contribution in [0.2, 0.25) is 0 Å². The van der Waals surface area contributed by atoms with Gasteiger partial charge < -0.3 is 5.32 Å². The van der Waals surface area contributed by atoms with Crippen molar-refractivity contribution in [2.75, 3.05) is 6.54 Å². The van der Waals surface area contributed by atoms with Crippen LogP contribution in [0.15, 0.2) is 17.5 Å². The third-order valence-corrected chi connectivity index (χ3v) is 3.96. The maximum Gasteiger partial charge on any atom is 0.0386 e. The first kappa shape index (κ1) is 10.2. The minimum atomic E-state index is 0.536. The van der Waals surface area contributed by atoms with Crippen LogP contribution in [0.25, 0.3) is 0 Å². The number of nitrogens with one attached hydrogen (secondary N) is 1. The molecule has 2 rings (SSSR count). The van der Waals surface area contributed by atoms with Crippen molar-refractivity contribution in [2.24, 2.45) is 5.92 Å². The Kier molecular flexibility index (Phi) is 3.60.